The van der Waals surface area contributed by atoms with Crippen LogP contribution in [0.15, 0.2) is 34.7 Å². The molecule has 0 aliphatic carbocycles. The summed E-state index contributed by atoms with van der Waals surface area (Å²) in [4.78, 5) is 4.20. The maximum absolute atomic E-state index is 12.5. The van der Waals surface area contributed by atoms with E-state index in [9.17, 15) is 8.42 Å². The standard InChI is InChI=1S/C13H16ClN3O2S2/c1-2-11(13-16-5-6-20-13)17-21(18,19)12-7-9(8-15)3-4-10(12)14/h3-7,11,17H,2,8,15H2,1H3. The van der Waals surface area contributed by atoms with Crippen molar-refractivity contribution >= 4 is 33.0 Å². The summed E-state index contributed by atoms with van der Waals surface area (Å²) in [5, 5.41) is 2.72. The number of nitrogens with two attached hydrogens (primary N) is 1. The predicted molar refractivity (Wildman–Crippen MR) is 84.8 cm³/mol. The third-order valence-corrected chi connectivity index (χ3v) is 5.82. The fourth-order valence-electron chi connectivity index (χ4n) is 1.85. The molecular formula is C13H16ClN3O2S2. The van der Waals surface area contributed by atoms with E-state index in [0.717, 1.165) is 5.01 Å². The highest BCUT2D eigenvalue weighted by molar-refractivity contribution is 7.89. The van der Waals surface area contributed by atoms with Gasteiger partial charge in [-0.2, -0.15) is 0 Å². The van der Waals surface area contributed by atoms with E-state index in [-0.39, 0.29) is 22.5 Å². The number of nitrogens with one attached hydrogen (secondary N) is 1. The average Bonchev–Trinajstić information content (AvgIpc) is 2.99. The monoisotopic (exact) mass is 345 g/mol. The van der Waals surface area contributed by atoms with Crippen molar-refractivity contribution in [2.75, 3.05) is 0 Å². The number of benzene rings is 1. The molecule has 1 atom stereocenters. The van der Waals surface area contributed by atoms with Crippen molar-refractivity contribution in [1.82, 2.24) is 9.71 Å². The number of halogens is 1. The molecule has 1 heterocycles. The number of sulfonamides is 1. The van der Waals surface area contributed by atoms with Crippen LogP contribution in [0.2, 0.25) is 5.02 Å². The summed E-state index contributed by atoms with van der Waals surface area (Å²) in [7, 11) is -3.73. The Balaban J connectivity index is 2.34. The van der Waals surface area contributed by atoms with Crippen molar-refractivity contribution < 1.29 is 8.42 Å². The normalized spacial score (nSPS) is 13.3. The first-order valence-corrected chi connectivity index (χ1v) is 9.12. The minimum absolute atomic E-state index is 0.0436. The summed E-state index contributed by atoms with van der Waals surface area (Å²) in [6.07, 6.45) is 2.25. The van der Waals surface area contributed by atoms with Crippen LogP contribution in [0.1, 0.15) is 30.0 Å². The van der Waals surface area contributed by atoms with Crippen LogP contribution in [-0.4, -0.2) is 13.4 Å². The highest BCUT2D eigenvalue weighted by atomic mass is 35.5. The molecule has 0 aliphatic heterocycles. The Morgan fingerprint density at radius 1 is 1.48 bits per heavy atom. The lowest BCUT2D eigenvalue weighted by atomic mass is 10.2. The van der Waals surface area contributed by atoms with Crippen molar-refractivity contribution in [2.45, 2.75) is 30.8 Å². The van der Waals surface area contributed by atoms with Gasteiger partial charge in [0, 0.05) is 18.1 Å². The Kier molecular flexibility index (Phi) is 5.34. The molecule has 0 radical (unpaired) electrons. The van der Waals surface area contributed by atoms with Gasteiger partial charge in [0.1, 0.15) is 9.90 Å². The van der Waals surface area contributed by atoms with Gasteiger partial charge >= 0.3 is 0 Å². The molecule has 21 heavy (non-hydrogen) atoms. The van der Waals surface area contributed by atoms with Crippen molar-refractivity contribution in [1.29, 1.82) is 0 Å². The third kappa shape index (κ3) is 3.81. The first-order chi connectivity index (χ1) is 9.97. The van der Waals surface area contributed by atoms with Gasteiger partial charge in [-0.3, -0.25) is 0 Å². The Labute approximate surface area is 133 Å². The highest BCUT2D eigenvalue weighted by Gasteiger charge is 2.24. The minimum Gasteiger partial charge on any atom is -0.326 e. The molecule has 0 saturated carbocycles. The number of hydrogen-bond donors (Lipinski definition) is 2. The molecule has 114 valence electrons. The quantitative estimate of drug-likeness (QED) is 0.842. The van der Waals surface area contributed by atoms with Crippen molar-refractivity contribution in [3.63, 3.8) is 0 Å². The van der Waals surface area contributed by atoms with Gasteiger partial charge in [0.2, 0.25) is 10.0 Å². The maximum Gasteiger partial charge on any atom is 0.242 e. The first-order valence-electron chi connectivity index (χ1n) is 6.38. The first kappa shape index (κ1) is 16.4. The number of nitrogens with zero attached hydrogens (tertiary/aromatic N) is 1. The SMILES string of the molecule is CCC(NS(=O)(=O)c1cc(CN)ccc1Cl)c1nccs1. The summed E-state index contributed by atoms with van der Waals surface area (Å²) in [6, 6.07) is 4.38. The Morgan fingerprint density at radius 3 is 2.81 bits per heavy atom. The molecular weight excluding hydrogens is 330 g/mol. The van der Waals surface area contributed by atoms with E-state index in [1.54, 1.807) is 18.3 Å². The fourth-order valence-corrected chi connectivity index (χ4v) is 4.53. The van der Waals surface area contributed by atoms with Gasteiger partial charge in [-0.1, -0.05) is 24.6 Å². The Hall–Kier alpha value is -0.990. The average molecular weight is 346 g/mol. The molecule has 2 aromatic rings. The fraction of sp³-hybridized carbons (Fsp3) is 0.308. The molecule has 0 saturated heterocycles. The van der Waals surface area contributed by atoms with Crippen LogP contribution >= 0.6 is 22.9 Å². The van der Waals surface area contributed by atoms with Gasteiger partial charge in [-0.05, 0) is 24.1 Å². The van der Waals surface area contributed by atoms with E-state index in [1.165, 1.54) is 17.4 Å². The van der Waals surface area contributed by atoms with E-state index in [2.05, 4.69) is 9.71 Å². The molecule has 0 bridgehead atoms. The zero-order chi connectivity index (χ0) is 15.5. The molecule has 1 aromatic carbocycles. The lowest BCUT2D eigenvalue weighted by molar-refractivity contribution is 0.549. The van der Waals surface area contributed by atoms with Crippen LogP contribution in [0.4, 0.5) is 0 Å². The van der Waals surface area contributed by atoms with Gasteiger partial charge in [-0.15, -0.1) is 11.3 Å². The maximum atomic E-state index is 12.5. The second kappa shape index (κ2) is 6.85. The summed E-state index contributed by atoms with van der Waals surface area (Å²) in [5.74, 6) is 0. The Morgan fingerprint density at radius 2 is 2.24 bits per heavy atom. The molecule has 0 fully saturated rings. The van der Waals surface area contributed by atoms with Crippen LogP contribution in [0, 0.1) is 0 Å². The smallest absolute Gasteiger partial charge is 0.242 e. The summed E-state index contributed by atoms with van der Waals surface area (Å²) >= 11 is 7.43. The van der Waals surface area contributed by atoms with Gasteiger partial charge < -0.3 is 5.73 Å². The third-order valence-electron chi connectivity index (χ3n) is 2.98. The summed E-state index contributed by atoms with van der Waals surface area (Å²) in [6.45, 7) is 2.15. The van der Waals surface area contributed by atoms with Gasteiger partial charge in [0.25, 0.3) is 0 Å². The molecule has 5 nitrogen and oxygen atoms in total. The zero-order valence-electron chi connectivity index (χ0n) is 11.4. The van der Waals surface area contributed by atoms with E-state index >= 15 is 0 Å². The van der Waals surface area contributed by atoms with E-state index < -0.39 is 10.0 Å². The van der Waals surface area contributed by atoms with Gasteiger partial charge in [-0.25, -0.2) is 18.1 Å². The second-order valence-electron chi connectivity index (χ2n) is 4.42. The van der Waals surface area contributed by atoms with Gasteiger partial charge in [0.15, 0.2) is 0 Å². The second-order valence-corrected chi connectivity index (χ2v) is 7.44. The lowest BCUT2D eigenvalue weighted by Crippen LogP contribution is -2.28. The Bertz CT molecular complexity index is 702. The molecule has 0 aliphatic rings. The zero-order valence-corrected chi connectivity index (χ0v) is 13.8. The molecule has 1 unspecified atom stereocenters. The largest absolute Gasteiger partial charge is 0.326 e. The number of aromatic nitrogens is 1. The highest BCUT2D eigenvalue weighted by Crippen LogP contribution is 2.26. The van der Waals surface area contributed by atoms with Crippen LogP contribution in [0.3, 0.4) is 0 Å². The number of thiazole rings is 1. The molecule has 0 amide bonds. The summed E-state index contributed by atoms with van der Waals surface area (Å²) < 4.78 is 27.7. The van der Waals surface area contributed by atoms with Crippen molar-refractivity contribution in [3.05, 3.63) is 45.4 Å². The van der Waals surface area contributed by atoms with Crippen molar-refractivity contribution in [2.24, 2.45) is 5.73 Å². The van der Waals surface area contributed by atoms with E-state index in [1.807, 2.05) is 12.3 Å². The van der Waals surface area contributed by atoms with Crippen LogP contribution in [0.25, 0.3) is 0 Å². The predicted octanol–water partition coefficient (Wildman–Crippen LogP) is 2.68. The molecule has 0 spiro atoms. The van der Waals surface area contributed by atoms with Crippen LogP contribution < -0.4 is 10.5 Å². The van der Waals surface area contributed by atoms with E-state index in [0.29, 0.717) is 12.0 Å². The number of rotatable bonds is 6. The topological polar surface area (TPSA) is 85.1 Å². The van der Waals surface area contributed by atoms with Crippen LogP contribution in [-0.2, 0) is 16.6 Å². The van der Waals surface area contributed by atoms with Crippen molar-refractivity contribution in [3.8, 4) is 0 Å². The number of hydrogen-bond acceptors (Lipinski definition) is 5. The molecule has 8 heteroatoms. The molecule has 2 rings (SSSR count). The van der Waals surface area contributed by atoms with Gasteiger partial charge in [0.05, 0.1) is 11.1 Å². The molecule has 1 aromatic heterocycles. The summed E-state index contributed by atoms with van der Waals surface area (Å²) in [5.41, 5.74) is 6.26. The minimum atomic E-state index is -3.73. The van der Waals surface area contributed by atoms with Crippen LogP contribution in [0.5, 0.6) is 0 Å². The van der Waals surface area contributed by atoms with E-state index in [4.69, 9.17) is 17.3 Å². The lowest BCUT2D eigenvalue weighted by Gasteiger charge is -2.16. The molecule has 3 N–H and O–H groups in total.